The fourth-order valence-corrected chi connectivity index (χ4v) is 4.38. The van der Waals surface area contributed by atoms with Crippen LogP contribution < -0.4 is 0 Å². The number of nitrogens with zero attached hydrogens (tertiary/aromatic N) is 2. The van der Waals surface area contributed by atoms with Gasteiger partial charge in [0.2, 0.25) is 5.54 Å². The monoisotopic (exact) mass is 373 g/mol. The summed E-state index contributed by atoms with van der Waals surface area (Å²) in [5.41, 5.74) is 1.87. The lowest BCUT2D eigenvalue weighted by molar-refractivity contribution is -0.149. The summed E-state index contributed by atoms with van der Waals surface area (Å²) in [5.74, 6) is 0.340. The average Bonchev–Trinajstić information content (AvgIpc) is 3.34. The third-order valence-electron chi connectivity index (χ3n) is 5.93. The Morgan fingerprint density at radius 1 is 1.18 bits per heavy atom. The second-order valence-electron chi connectivity index (χ2n) is 7.70. The molecule has 28 heavy (non-hydrogen) atoms. The molecule has 0 bridgehead atoms. The molecule has 2 atom stereocenters. The van der Waals surface area contributed by atoms with Gasteiger partial charge in [0.25, 0.3) is 0 Å². The molecule has 5 rings (SSSR count). The second kappa shape index (κ2) is 6.51. The fourth-order valence-electron chi connectivity index (χ4n) is 4.38. The Morgan fingerprint density at radius 2 is 1.93 bits per heavy atom. The molecule has 0 saturated heterocycles. The van der Waals surface area contributed by atoms with Crippen LogP contribution in [0.3, 0.4) is 0 Å². The van der Waals surface area contributed by atoms with Crippen molar-refractivity contribution in [3.05, 3.63) is 71.9 Å². The van der Waals surface area contributed by atoms with Crippen molar-refractivity contribution < 1.29 is 9.53 Å². The number of H-pyrrole nitrogens is 1. The summed E-state index contributed by atoms with van der Waals surface area (Å²) >= 11 is 0. The minimum atomic E-state index is -1.12. The normalized spacial score (nSPS) is 24.0. The number of carbonyl (C=O) groups is 1. The average molecular weight is 373 g/mol. The molecular weight excluding hydrogens is 350 g/mol. The highest BCUT2D eigenvalue weighted by Crippen LogP contribution is 2.49. The van der Waals surface area contributed by atoms with E-state index in [-0.39, 0.29) is 12.0 Å². The van der Waals surface area contributed by atoms with Crippen LogP contribution in [-0.2, 0) is 15.1 Å². The molecule has 2 unspecified atom stereocenters. The van der Waals surface area contributed by atoms with Gasteiger partial charge in [-0.15, -0.1) is 0 Å². The van der Waals surface area contributed by atoms with Crippen molar-refractivity contribution in [3.63, 3.8) is 0 Å². The highest BCUT2D eigenvalue weighted by atomic mass is 16.5. The van der Waals surface area contributed by atoms with Gasteiger partial charge < -0.3 is 14.6 Å². The van der Waals surface area contributed by atoms with E-state index in [1.807, 2.05) is 55.0 Å². The number of nitrogens with one attached hydrogen (secondary N) is 1. The maximum atomic E-state index is 13.3. The van der Waals surface area contributed by atoms with E-state index in [9.17, 15) is 4.79 Å². The van der Waals surface area contributed by atoms with E-state index in [0.29, 0.717) is 5.92 Å². The molecule has 1 saturated carbocycles. The van der Waals surface area contributed by atoms with Crippen molar-refractivity contribution in [1.29, 1.82) is 0 Å². The van der Waals surface area contributed by atoms with Crippen LogP contribution in [0.25, 0.3) is 10.9 Å². The summed E-state index contributed by atoms with van der Waals surface area (Å²) in [7, 11) is 1.44. The summed E-state index contributed by atoms with van der Waals surface area (Å²) in [5, 5.41) is 1.11. The van der Waals surface area contributed by atoms with E-state index in [0.717, 1.165) is 28.6 Å². The van der Waals surface area contributed by atoms with Crippen molar-refractivity contribution in [3.8, 4) is 0 Å². The number of hydrogen-bond acceptors (Lipinski definition) is 4. The summed E-state index contributed by atoms with van der Waals surface area (Å²) in [6.07, 6.45) is 6.35. The van der Waals surface area contributed by atoms with Crippen LogP contribution >= 0.6 is 0 Å². The Morgan fingerprint density at radius 3 is 2.68 bits per heavy atom. The number of aromatic amines is 1. The molecule has 0 spiro atoms. The van der Waals surface area contributed by atoms with E-state index in [1.54, 1.807) is 0 Å². The summed E-state index contributed by atoms with van der Waals surface area (Å²) in [4.78, 5) is 23.7. The Bertz CT molecular complexity index is 1040. The minimum absolute atomic E-state index is 0.251. The summed E-state index contributed by atoms with van der Waals surface area (Å²) < 4.78 is 5.31. The molecule has 1 aromatic heterocycles. The van der Waals surface area contributed by atoms with Crippen molar-refractivity contribution in [2.24, 2.45) is 10.9 Å². The number of aromatic nitrogens is 1. The SMILES string of the molecule is COC(=O)C1(c2ccccc2)N=CN(CC2CC2)C1c1c[nH]c2ccccc12. The fraction of sp³-hybridized carbons (Fsp3) is 0.304. The van der Waals surface area contributed by atoms with E-state index < -0.39 is 5.54 Å². The van der Waals surface area contributed by atoms with Gasteiger partial charge in [0.15, 0.2) is 0 Å². The molecule has 0 amide bonds. The van der Waals surface area contributed by atoms with E-state index >= 15 is 0 Å². The third kappa shape index (κ3) is 2.53. The van der Waals surface area contributed by atoms with Crippen LogP contribution in [0.4, 0.5) is 0 Å². The molecule has 142 valence electrons. The number of carbonyl (C=O) groups excluding carboxylic acids is 1. The molecule has 1 aliphatic carbocycles. The summed E-state index contributed by atoms with van der Waals surface area (Å²) in [6, 6.07) is 17.7. The molecule has 2 heterocycles. The minimum Gasteiger partial charge on any atom is -0.467 e. The van der Waals surface area contributed by atoms with E-state index in [2.05, 4.69) is 22.0 Å². The molecule has 3 aromatic rings. The molecule has 2 aliphatic rings. The predicted molar refractivity (Wildman–Crippen MR) is 109 cm³/mol. The number of para-hydroxylation sites is 1. The number of methoxy groups -OCH3 is 1. The largest absolute Gasteiger partial charge is 0.467 e. The van der Waals surface area contributed by atoms with Crippen LogP contribution in [0.5, 0.6) is 0 Å². The van der Waals surface area contributed by atoms with Crippen molar-refractivity contribution in [2.75, 3.05) is 13.7 Å². The van der Waals surface area contributed by atoms with Crippen molar-refractivity contribution in [2.45, 2.75) is 24.4 Å². The van der Waals surface area contributed by atoms with Gasteiger partial charge >= 0.3 is 5.97 Å². The number of rotatable bonds is 5. The Kier molecular flexibility index (Phi) is 3.97. The molecule has 1 N–H and O–H groups in total. The zero-order valence-electron chi connectivity index (χ0n) is 15.8. The van der Waals surface area contributed by atoms with Crippen molar-refractivity contribution in [1.82, 2.24) is 9.88 Å². The molecule has 2 aromatic carbocycles. The van der Waals surface area contributed by atoms with E-state index in [1.165, 1.54) is 20.0 Å². The standard InChI is InChI=1S/C23H23N3O2/c1-28-22(27)23(17-7-3-2-4-8-17)21(26(15-25-23)14-16-11-12-16)19-13-24-20-10-6-5-9-18(19)20/h2-10,13,15-16,21,24H,11-12,14H2,1H3. The smallest absolute Gasteiger partial charge is 0.341 e. The first-order valence-corrected chi connectivity index (χ1v) is 9.75. The zero-order chi connectivity index (χ0) is 19.1. The van der Waals surface area contributed by atoms with Crippen LogP contribution in [0, 0.1) is 5.92 Å². The van der Waals surface area contributed by atoms with Gasteiger partial charge in [-0.2, -0.15) is 0 Å². The molecule has 5 nitrogen and oxygen atoms in total. The quantitative estimate of drug-likeness (QED) is 0.687. The van der Waals surface area contributed by atoms with Gasteiger partial charge in [-0.1, -0.05) is 48.5 Å². The first-order valence-electron chi connectivity index (χ1n) is 9.75. The molecule has 5 heteroatoms. The van der Waals surface area contributed by atoms with Crippen molar-refractivity contribution >= 4 is 23.2 Å². The Balaban J connectivity index is 1.72. The zero-order valence-corrected chi connectivity index (χ0v) is 15.8. The molecule has 1 fully saturated rings. The maximum absolute atomic E-state index is 13.3. The highest BCUT2D eigenvalue weighted by Gasteiger charge is 2.55. The summed E-state index contributed by atoms with van der Waals surface area (Å²) in [6.45, 7) is 0.902. The van der Waals surface area contributed by atoms with Gasteiger partial charge in [-0.25, -0.2) is 9.79 Å². The number of benzene rings is 2. The van der Waals surface area contributed by atoms with Crippen LogP contribution in [0.2, 0.25) is 0 Å². The second-order valence-corrected chi connectivity index (χ2v) is 7.70. The van der Waals surface area contributed by atoms with Crippen LogP contribution in [-0.4, -0.2) is 35.8 Å². The number of esters is 1. The lowest BCUT2D eigenvalue weighted by atomic mass is 9.79. The van der Waals surface area contributed by atoms with Gasteiger partial charge in [0.1, 0.15) is 0 Å². The van der Waals surface area contributed by atoms with Gasteiger partial charge in [-0.05, 0) is 30.4 Å². The lowest BCUT2D eigenvalue weighted by Gasteiger charge is -2.35. The number of aliphatic imine (C=N–C) groups is 1. The first-order chi connectivity index (χ1) is 13.7. The van der Waals surface area contributed by atoms with Gasteiger partial charge in [-0.3, -0.25) is 0 Å². The highest BCUT2D eigenvalue weighted by molar-refractivity contribution is 5.91. The number of hydrogen-bond donors (Lipinski definition) is 1. The van der Waals surface area contributed by atoms with Gasteiger partial charge in [0.05, 0.1) is 19.5 Å². The molecular formula is C23H23N3O2. The molecule has 1 aliphatic heterocycles. The Labute approximate surface area is 164 Å². The lowest BCUT2D eigenvalue weighted by Crippen LogP contribution is -2.44. The van der Waals surface area contributed by atoms with Gasteiger partial charge in [0, 0.05) is 29.2 Å². The maximum Gasteiger partial charge on any atom is 0.341 e. The predicted octanol–water partition coefficient (Wildman–Crippen LogP) is 4.03. The van der Waals surface area contributed by atoms with Crippen LogP contribution in [0.15, 0.2) is 65.8 Å². The topological polar surface area (TPSA) is 57.7 Å². The van der Waals surface area contributed by atoms with E-state index in [4.69, 9.17) is 9.73 Å². The van der Waals surface area contributed by atoms with Crippen LogP contribution in [0.1, 0.15) is 30.0 Å². The number of ether oxygens (including phenoxy) is 1. The Hall–Kier alpha value is -3.08. The molecule has 0 radical (unpaired) electrons. The first kappa shape index (κ1) is 17.0. The number of fused-ring (bicyclic) bond motifs is 1. The third-order valence-corrected chi connectivity index (χ3v) is 5.93.